The van der Waals surface area contributed by atoms with Crippen LogP contribution in [0.3, 0.4) is 0 Å². The number of nitrogens with zero attached hydrogens (tertiary/aromatic N) is 3. The largest absolute Gasteiger partial charge is 0.307 e. The summed E-state index contributed by atoms with van der Waals surface area (Å²) in [4.78, 5) is 12.2. The van der Waals surface area contributed by atoms with E-state index in [9.17, 15) is 0 Å². The molecule has 1 aromatic heterocycles. The van der Waals surface area contributed by atoms with Crippen LogP contribution in [0.5, 0.6) is 0 Å². The molecule has 1 N–H and O–H groups in total. The molecule has 0 aromatic carbocycles. The minimum atomic E-state index is -1.59. The van der Waals surface area contributed by atoms with Gasteiger partial charge in [0.15, 0.2) is 5.82 Å². The minimum absolute atomic E-state index is 0.142. The summed E-state index contributed by atoms with van der Waals surface area (Å²) in [5.74, 6) is 0.825. The molecule has 0 saturated carbocycles. The average molecular weight is 282 g/mol. The second-order valence-electron chi connectivity index (χ2n) is 3.67. The van der Waals surface area contributed by atoms with Crippen LogP contribution in [0.4, 0.5) is 0 Å². The number of nitrogens with one attached hydrogen (secondary N) is 1. The van der Waals surface area contributed by atoms with E-state index in [1.54, 1.807) is 0 Å². The van der Waals surface area contributed by atoms with Crippen molar-refractivity contribution < 1.29 is 0 Å². The highest BCUT2D eigenvalue weighted by Gasteiger charge is 2.28. The van der Waals surface area contributed by atoms with E-state index in [1.165, 1.54) is 12.7 Å². The molecule has 1 aliphatic heterocycles. The topological polar surface area (TPSA) is 50.7 Å². The van der Waals surface area contributed by atoms with E-state index < -0.39 is 3.79 Å². The molecule has 2 heterocycles. The standard InChI is InChI=1S/C9H11Cl3N4/c10-9(11,12)8-15-5-14-7(16-8)6-3-1-2-4-13-6/h5-6,13H,1-4H2. The summed E-state index contributed by atoms with van der Waals surface area (Å²) in [5.41, 5.74) is 0. The first kappa shape index (κ1) is 12.3. The van der Waals surface area contributed by atoms with Crippen molar-refractivity contribution in [3.8, 4) is 0 Å². The summed E-state index contributed by atoms with van der Waals surface area (Å²) < 4.78 is -1.59. The first-order chi connectivity index (χ1) is 7.57. The van der Waals surface area contributed by atoms with Gasteiger partial charge < -0.3 is 5.32 Å². The second kappa shape index (κ2) is 5.00. The maximum absolute atomic E-state index is 5.73. The molecular formula is C9H11Cl3N4. The quantitative estimate of drug-likeness (QED) is 0.804. The molecule has 88 valence electrons. The van der Waals surface area contributed by atoms with Crippen LogP contribution < -0.4 is 5.32 Å². The molecule has 7 heteroatoms. The lowest BCUT2D eigenvalue weighted by molar-refractivity contribution is 0.395. The van der Waals surface area contributed by atoms with Gasteiger partial charge in [0, 0.05) is 0 Å². The van der Waals surface area contributed by atoms with Gasteiger partial charge in [-0.05, 0) is 19.4 Å². The molecule has 1 atom stereocenters. The van der Waals surface area contributed by atoms with Crippen molar-refractivity contribution >= 4 is 34.8 Å². The molecule has 16 heavy (non-hydrogen) atoms. The van der Waals surface area contributed by atoms with Gasteiger partial charge in [0.1, 0.15) is 12.2 Å². The molecule has 1 aliphatic rings. The van der Waals surface area contributed by atoms with Crippen LogP contribution in [-0.4, -0.2) is 21.5 Å². The normalized spacial score (nSPS) is 22.1. The molecule has 0 aliphatic carbocycles. The average Bonchev–Trinajstić information content (AvgIpc) is 2.29. The van der Waals surface area contributed by atoms with E-state index >= 15 is 0 Å². The van der Waals surface area contributed by atoms with E-state index in [1.807, 2.05) is 0 Å². The number of rotatable bonds is 1. The second-order valence-corrected chi connectivity index (χ2v) is 5.95. The van der Waals surface area contributed by atoms with Crippen molar-refractivity contribution in [2.24, 2.45) is 0 Å². The van der Waals surface area contributed by atoms with Crippen LogP contribution in [0, 0.1) is 0 Å². The van der Waals surface area contributed by atoms with Gasteiger partial charge in [-0.3, -0.25) is 0 Å². The van der Waals surface area contributed by atoms with Crippen molar-refractivity contribution in [3.05, 3.63) is 18.0 Å². The summed E-state index contributed by atoms with van der Waals surface area (Å²) in [6.45, 7) is 0.972. The van der Waals surface area contributed by atoms with Crippen molar-refractivity contribution in [1.82, 2.24) is 20.3 Å². The summed E-state index contributed by atoms with van der Waals surface area (Å²) in [6, 6.07) is 0.142. The third-order valence-corrected chi connectivity index (χ3v) is 2.97. The highest BCUT2D eigenvalue weighted by molar-refractivity contribution is 6.66. The van der Waals surface area contributed by atoms with Gasteiger partial charge in [0.05, 0.1) is 6.04 Å². The third kappa shape index (κ3) is 2.94. The zero-order chi connectivity index (χ0) is 11.6. The van der Waals surface area contributed by atoms with E-state index in [4.69, 9.17) is 34.8 Å². The molecule has 4 nitrogen and oxygen atoms in total. The number of piperidine rings is 1. The molecule has 1 fully saturated rings. The van der Waals surface area contributed by atoms with Crippen LogP contribution in [0.2, 0.25) is 0 Å². The molecule has 0 amide bonds. The Morgan fingerprint density at radius 3 is 2.69 bits per heavy atom. The van der Waals surface area contributed by atoms with Crippen molar-refractivity contribution in [2.75, 3.05) is 6.54 Å². The third-order valence-electron chi connectivity index (χ3n) is 2.47. The first-order valence-electron chi connectivity index (χ1n) is 5.07. The van der Waals surface area contributed by atoms with Gasteiger partial charge in [-0.25, -0.2) is 15.0 Å². The zero-order valence-electron chi connectivity index (χ0n) is 8.46. The van der Waals surface area contributed by atoms with Crippen LogP contribution in [0.1, 0.15) is 37.0 Å². The zero-order valence-corrected chi connectivity index (χ0v) is 10.7. The fourth-order valence-electron chi connectivity index (χ4n) is 1.69. The summed E-state index contributed by atoms with van der Waals surface area (Å²) >= 11 is 17.2. The number of hydrogen-bond acceptors (Lipinski definition) is 4. The molecular weight excluding hydrogens is 270 g/mol. The summed E-state index contributed by atoms with van der Waals surface area (Å²) in [5, 5.41) is 3.33. The van der Waals surface area contributed by atoms with Crippen molar-refractivity contribution in [3.63, 3.8) is 0 Å². The Hall–Kier alpha value is -0.160. The van der Waals surface area contributed by atoms with Gasteiger partial charge in [0.2, 0.25) is 3.79 Å². The monoisotopic (exact) mass is 280 g/mol. The Morgan fingerprint density at radius 1 is 1.25 bits per heavy atom. The molecule has 0 spiro atoms. The highest BCUT2D eigenvalue weighted by Crippen LogP contribution is 2.35. The Kier molecular flexibility index (Phi) is 3.85. The lowest BCUT2D eigenvalue weighted by Crippen LogP contribution is -2.29. The number of hydrogen-bond donors (Lipinski definition) is 1. The van der Waals surface area contributed by atoms with Gasteiger partial charge >= 0.3 is 0 Å². The van der Waals surface area contributed by atoms with Gasteiger partial charge in [-0.1, -0.05) is 41.2 Å². The fourth-order valence-corrected chi connectivity index (χ4v) is 1.96. The van der Waals surface area contributed by atoms with Crippen molar-refractivity contribution in [1.29, 1.82) is 0 Å². The minimum Gasteiger partial charge on any atom is -0.307 e. The highest BCUT2D eigenvalue weighted by atomic mass is 35.6. The van der Waals surface area contributed by atoms with Gasteiger partial charge in [0.25, 0.3) is 0 Å². The molecule has 0 radical (unpaired) electrons. The predicted molar refractivity (Wildman–Crippen MR) is 63.7 cm³/mol. The van der Waals surface area contributed by atoms with Crippen LogP contribution in [-0.2, 0) is 3.79 Å². The Labute approximate surface area is 109 Å². The lowest BCUT2D eigenvalue weighted by atomic mass is 10.0. The van der Waals surface area contributed by atoms with Crippen molar-refractivity contribution in [2.45, 2.75) is 29.1 Å². The number of alkyl halides is 3. The van der Waals surface area contributed by atoms with E-state index in [-0.39, 0.29) is 11.9 Å². The molecule has 0 bridgehead atoms. The van der Waals surface area contributed by atoms with E-state index in [0.717, 1.165) is 19.4 Å². The smallest absolute Gasteiger partial charge is 0.250 e. The summed E-state index contributed by atoms with van der Waals surface area (Å²) in [6.07, 6.45) is 4.73. The fraction of sp³-hybridized carbons (Fsp3) is 0.667. The Morgan fingerprint density at radius 2 is 2.06 bits per heavy atom. The van der Waals surface area contributed by atoms with Gasteiger partial charge in [-0.2, -0.15) is 0 Å². The van der Waals surface area contributed by atoms with Crippen LogP contribution in [0.15, 0.2) is 6.33 Å². The Bertz CT molecular complexity index is 360. The molecule has 2 rings (SSSR count). The maximum Gasteiger partial charge on any atom is 0.250 e. The van der Waals surface area contributed by atoms with Crippen LogP contribution in [0.25, 0.3) is 0 Å². The molecule has 1 saturated heterocycles. The SMILES string of the molecule is ClC(Cl)(Cl)c1ncnc(C2CCCCN2)n1. The lowest BCUT2D eigenvalue weighted by Gasteiger charge is -2.22. The maximum atomic E-state index is 5.73. The van der Waals surface area contributed by atoms with E-state index in [2.05, 4.69) is 20.3 Å². The van der Waals surface area contributed by atoms with Gasteiger partial charge in [-0.15, -0.1) is 0 Å². The molecule has 1 aromatic rings. The number of halogens is 3. The first-order valence-corrected chi connectivity index (χ1v) is 6.20. The Balaban J connectivity index is 2.21. The number of aromatic nitrogens is 3. The molecule has 1 unspecified atom stereocenters. The van der Waals surface area contributed by atoms with Crippen LogP contribution >= 0.6 is 34.8 Å². The predicted octanol–water partition coefficient (Wildman–Crippen LogP) is 2.51. The van der Waals surface area contributed by atoms with E-state index in [0.29, 0.717) is 5.82 Å². The summed E-state index contributed by atoms with van der Waals surface area (Å²) in [7, 11) is 0.